The molecule has 0 aliphatic rings. The Morgan fingerprint density at radius 2 is 1.92 bits per heavy atom. The molecule has 1 amide bonds. The molecule has 0 aliphatic heterocycles. The van der Waals surface area contributed by atoms with Crippen molar-refractivity contribution in [2.75, 3.05) is 0 Å². The maximum atomic E-state index is 12.5. The maximum absolute atomic E-state index is 12.5. The number of carbonyl (C=O) groups excluding carboxylic acids is 1. The first-order chi connectivity index (χ1) is 12.2. The second-order valence-electron chi connectivity index (χ2n) is 5.86. The van der Waals surface area contributed by atoms with Gasteiger partial charge in [0, 0.05) is 11.6 Å². The van der Waals surface area contributed by atoms with Gasteiger partial charge in [0.25, 0.3) is 5.91 Å². The van der Waals surface area contributed by atoms with Gasteiger partial charge in [0.2, 0.25) is 0 Å². The Morgan fingerprint density at radius 3 is 2.76 bits per heavy atom. The minimum Gasteiger partial charge on any atom is -0.349 e. The fraction of sp³-hybridized carbons (Fsp3) is 0.105. The summed E-state index contributed by atoms with van der Waals surface area (Å²) in [5.74, 6) is -0.149. The van der Waals surface area contributed by atoms with Crippen LogP contribution in [0.25, 0.3) is 22.4 Å². The second kappa shape index (κ2) is 6.24. The summed E-state index contributed by atoms with van der Waals surface area (Å²) in [5.41, 5.74) is 3.83. The number of amides is 1. The van der Waals surface area contributed by atoms with E-state index in [1.54, 1.807) is 12.3 Å². The molecule has 3 heterocycles. The van der Waals surface area contributed by atoms with Crippen molar-refractivity contribution in [2.45, 2.75) is 13.0 Å². The summed E-state index contributed by atoms with van der Waals surface area (Å²) in [6.07, 6.45) is 1.70. The summed E-state index contributed by atoms with van der Waals surface area (Å²) in [6, 6.07) is 17.2. The van der Waals surface area contributed by atoms with Crippen molar-refractivity contribution in [3.8, 4) is 11.4 Å². The van der Waals surface area contributed by atoms with Gasteiger partial charge in [-0.3, -0.25) is 9.89 Å². The number of rotatable bonds is 4. The Kier molecular flexibility index (Phi) is 3.78. The molecule has 1 aromatic carbocycles. The molecule has 25 heavy (non-hydrogen) atoms. The van der Waals surface area contributed by atoms with E-state index in [0.29, 0.717) is 11.3 Å². The molecule has 6 nitrogen and oxygen atoms in total. The van der Waals surface area contributed by atoms with Crippen LogP contribution in [0.1, 0.15) is 29.0 Å². The molecule has 1 atom stereocenters. The van der Waals surface area contributed by atoms with E-state index in [9.17, 15) is 4.79 Å². The standard InChI is InChI=1S/C19H17N5O/c1-12(13-6-3-2-4-7-13)21-19(25)16-10-9-15(22-16)17-14-8-5-11-20-18(14)24-23-17/h2-12,22H,1H3,(H,21,25)(H,20,23,24)/t12-/m0/s1. The fourth-order valence-electron chi connectivity index (χ4n) is 2.83. The lowest BCUT2D eigenvalue weighted by Gasteiger charge is -2.13. The summed E-state index contributed by atoms with van der Waals surface area (Å²) in [6.45, 7) is 1.96. The number of fused-ring (bicyclic) bond motifs is 1. The van der Waals surface area contributed by atoms with E-state index in [-0.39, 0.29) is 11.9 Å². The number of nitrogens with zero attached hydrogens (tertiary/aromatic N) is 2. The first-order valence-corrected chi connectivity index (χ1v) is 8.06. The first kappa shape index (κ1) is 15.1. The van der Waals surface area contributed by atoms with E-state index >= 15 is 0 Å². The first-order valence-electron chi connectivity index (χ1n) is 8.06. The van der Waals surface area contributed by atoms with Gasteiger partial charge in [-0.15, -0.1) is 0 Å². The van der Waals surface area contributed by atoms with Crippen LogP contribution in [0, 0.1) is 0 Å². The zero-order valence-electron chi connectivity index (χ0n) is 13.7. The third-order valence-electron chi connectivity index (χ3n) is 4.18. The van der Waals surface area contributed by atoms with E-state index < -0.39 is 0 Å². The lowest BCUT2D eigenvalue weighted by molar-refractivity contribution is 0.0935. The molecule has 0 bridgehead atoms. The Morgan fingerprint density at radius 1 is 1.08 bits per heavy atom. The average Bonchev–Trinajstić information content (AvgIpc) is 3.29. The largest absolute Gasteiger partial charge is 0.349 e. The van der Waals surface area contributed by atoms with Gasteiger partial charge < -0.3 is 10.3 Å². The Balaban J connectivity index is 1.56. The van der Waals surface area contributed by atoms with Crippen molar-refractivity contribution in [3.05, 3.63) is 72.1 Å². The van der Waals surface area contributed by atoms with Crippen LogP contribution in [0.15, 0.2) is 60.8 Å². The molecule has 0 spiro atoms. The van der Waals surface area contributed by atoms with Crippen molar-refractivity contribution in [3.63, 3.8) is 0 Å². The number of carbonyl (C=O) groups is 1. The van der Waals surface area contributed by atoms with E-state index in [0.717, 1.165) is 22.3 Å². The van der Waals surface area contributed by atoms with Gasteiger partial charge in [-0.2, -0.15) is 5.10 Å². The van der Waals surface area contributed by atoms with Gasteiger partial charge in [-0.1, -0.05) is 30.3 Å². The van der Waals surface area contributed by atoms with Crippen LogP contribution in [0.2, 0.25) is 0 Å². The monoisotopic (exact) mass is 331 g/mol. The molecule has 0 radical (unpaired) electrons. The molecule has 4 rings (SSSR count). The number of nitrogens with one attached hydrogen (secondary N) is 3. The minimum absolute atomic E-state index is 0.0716. The summed E-state index contributed by atoms with van der Waals surface area (Å²) in [5, 5.41) is 11.1. The summed E-state index contributed by atoms with van der Waals surface area (Å²) in [4.78, 5) is 19.9. The molecule has 124 valence electrons. The molecular weight excluding hydrogens is 314 g/mol. The van der Waals surface area contributed by atoms with Crippen LogP contribution in [-0.2, 0) is 0 Å². The number of aromatic amines is 2. The molecule has 4 aromatic rings. The molecule has 0 fully saturated rings. The number of benzene rings is 1. The molecule has 0 unspecified atom stereocenters. The lowest BCUT2D eigenvalue weighted by atomic mass is 10.1. The molecule has 6 heteroatoms. The summed E-state index contributed by atoms with van der Waals surface area (Å²) in [7, 11) is 0. The zero-order chi connectivity index (χ0) is 17.2. The molecule has 0 saturated carbocycles. The quantitative estimate of drug-likeness (QED) is 0.535. The Bertz CT molecular complexity index is 1020. The van der Waals surface area contributed by atoms with Crippen molar-refractivity contribution < 1.29 is 4.79 Å². The van der Waals surface area contributed by atoms with Crippen LogP contribution in [-0.4, -0.2) is 26.1 Å². The van der Waals surface area contributed by atoms with Crippen LogP contribution < -0.4 is 5.32 Å². The van der Waals surface area contributed by atoms with Crippen molar-refractivity contribution >= 4 is 16.9 Å². The van der Waals surface area contributed by atoms with E-state index in [1.165, 1.54) is 0 Å². The fourth-order valence-corrected chi connectivity index (χ4v) is 2.83. The molecule has 0 saturated heterocycles. The SMILES string of the molecule is C[C@H](NC(=O)c1ccc(-c2[nH]nc3ncccc23)[nH]1)c1ccccc1. The molecular formula is C19H17N5O. The van der Waals surface area contributed by atoms with E-state index in [2.05, 4.69) is 25.5 Å². The number of aromatic nitrogens is 4. The molecule has 3 N–H and O–H groups in total. The Labute approximate surface area is 144 Å². The smallest absolute Gasteiger partial charge is 0.268 e. The van der Waals surface area contributed by atoms with Gasteiger partial charge in [0.1, 0.15) is 5.69 Å². The number of pyridine rings is 1. The van der Waals surface area contributed by atoms with Gasteiger partial charge in [-0.25, -0.2) is 4.98 Å². The highest BCUT2D eigenvalue weighted by atomic mass is 16.1. The molecule has 3 aromatic heterocycles. The lowest BCUT2D eigenvalue weighted by Crippen LogP contribution is -2.26. The van der Waals surface area contributed by atoms with E-state index in [4.69, 9.17) is 0 Å². The van der Waals surface area contributed by atoms with Gasteiger partial charge in [0.15, 0.2) is 5.65 Å². The highest BCUT2D eigenvalue weighted by Crippen LogP contribution is 2.24. The highest BCUT2D eigenvalue weighted by Gasteiger charge is 2.15. The maximum Gasteiger partial charge on any atom is 0.268 e. The summed E-state index contributed by atoms with van der Waals surface area (Å²) >= 11 is 0. The van der Waals surface area contributed by atoms with Gasteiger partial charge in [0.05, 0.1) is 17.4 Å². The minimum atomic E-state index is -0.149. The predicted octanol–water partition coefficient (Wildman–Crippen LogP) is 3.44. The number of H-pyrrole nitrogens is 2. The van der Waals surface area contributed by atoms with Crippen LogP contribution in [0.4, 0.5) is 0 Å². The Hall–Kier alpha value is -3.41. The van der Waals surface area contributed by atoms with Crippen molar-refractivity contribution in [1.29, 1.82) is 0 Å². The number of hydrogen-bond donors (Lipinski definition) is 3. The summed E-state index contributed by atoms with van der Waals surface area (Å²) < 4.78 is 0. The topological polar surface area (TPSA) is 86.5 Å². The van der Waals surface area contributed by atoms with Crippen LogP contribution in [0.5, 0.6) is 0 Å². The van der Waals surface area contributed by atoms with Crippen molar-refractivity contribution in [1.82, 2.24) is 25.5 Å². The van der Waals surface area contributed by atoms with E-state index in [1.807, 2.05) is 55.5 Å². The average molecular weight is 331 g/mol. The zero-order valence-corrected chi connectivity index (χ0v) is 13.7. The van der Waals surface area contributed by atoms with Gasteiger partial charge >= 0.3 is 0 Å². The van der Waals surface area contributed by atoms with Crippen molar-refractivity contribution in [2.24, 2.45) is 0 Å². The van der Waals surface area contributed by atoms with Crippen LogP contribution in [0.3, 0.4) is 0 Å². The van der Waals surface area contributed by atoms with Gasteiger partial charge in [-0.05, 0) is 36.8 Å². The molecule has 0 aliphatic carbocycles. The number of hydrogen-bond acceptors (Lipinski definition) is 3. The predicted molar refractivity (Wildman–Crippen MR) is 96.0 cm³/mol. The van der Waals surface area contributed by atoms with Crippen LogP contribution >= 0.6 is 0 Å². The third kappa shape index (κ3) is 2.89. The second-order valence-corrected chi connectivity index (χ2v) is 5.86. The highest BCUT2D eigenvalue weighted by molar-refractivity contribution is 5.95. The normalized spacial score (nSPS) is 12.2. The third-order valence-corrected chi connectivity index (χ3v) is 4.18.